The average molecular weight is 401 g/mol. The van der Waals surface area contributed by atoms with Gasteiger partial charge < -0.3 is 4.74 Å². The van der Waals surface area contributed by atoms with Crippen LogP contribution in [0.25, 0.3) is 0 Å². The first-order valence-electron chi connectivity index (χ1n) is 10.9. The largest absolute Gasteiger partial charge is 0.416 e. The predicted molar refractivity (Wildman–Crippen MR) is 112 cm³/mol. The molecule has 0 saturated heterocycles. The van der Waals surface area contributed by atoms with Crippen molar-refractivity contribution in [3.8, 4) is 0 Å². The molecule has 4 heteroatoms. The van der Waals surface area contributed by atoms with Crippen LogP contribution in [0.3, 0.4) is 0 Å². The number of hydrogen-bond donors (Lipinski definition) is 0. The van der Waals surface area contributed by atoms with Crippen LogP contribution in [-0.4, -0.2) is 12.7 Å². The Kier molecular flexibility index (Phi) is 11.2. The van der Waals surface area contributed by atoms with Crippen LogP contribution in [0.1, 0.15) is 96.1 Å². The summed E-state index contributed by atoms with van der Waals surface area (Å²) in [5, 5.41) is 0. The van der Waals surface area contributed by atoms with Gasteiger partial charge >= 0.3 is 6.18 Å². The summed E-state index contributed by atoms with van der Waals surface area (Å²) in [6, 6.07) is 5.73. The molecule has 1 unspecified atom stereocenters. The maximum absolute atomic E-state index is 12.8. The van der Waals surface area contributed by atoms with Gasteiger partial charge in [-0.25, -0.2) is 0 Å². The summed E-state index contributed by atoms with van der Waals surface area (Å²) in [4.78, 5) is 0. The van der Waals surface area contributed by atoms with Gasteiger partial charge in [0.25, 0.3) is 0 Å². The van der Waals surface area contributed by atoms with E-state index in [9.17, 15) is 13.2 Å². The van der Waals surface area contributed by atoms with Gasteiger partial charge in [-0.1, -0.05) is 70.1 Å². The lowest BCUT2D eigenvalue weighted by molar-refractivity contribution is -0.137. The van der Waals surface area contributed by atoms with E-state index in [1.807, 2.05) is 0 Å². The normalized spacial score (nSPS) is 13.7. The standard InChI is InChI=1S/C24H39F3O/c1-5-6-7-8-9-10-16-21(23(2,3)28-4)17-12-11-14-20-15-13-18-22(19-20)24(25,26)27/h13,15,18-19,21H,5-12,14,16-17H2,1-4H3. The molecule has 28 heavy (non-hydrogen) atoms. The number of benzene rings is 1. The molecule has 0 amide bonds. The topological polar surface area (TPSA) is 9.23 Å². The van der Waals surface area contributed by atoms with E-state index < -0.39 is 11.7 Å². The second kappa shape index (κ2) is 12.5. The van der Waals surface area contributed by atoms with Gasteiger partial charge in [0.2, 0.25) is 0 Å². The molecule has 162 valence electrons. The molecule has 0 N–H and O–H groups in total. The third-order valence-corrected chi connectivity index (χ3v) is 5.94. The van der Waals surface area contributed by atoms with Crippen molar-refractivity contribution in [1.29, 1.82) is 0 Å². The van der Waals surface area contributed by atoms with Crippen LogP contribution >= 0.6 is 0 Å². The first-order chi connectivity index (χ1) is 13.2. The SMILES string of the molecule is CCCCCCCCC(CCCCc1cccc(C(F)(F)F)c1)C(C)(C)OC. The Labute approximate surface area is 170 Å². The number of aryl methyl sites for hydroxylation is 1. The van der Waals surface area contributed by atoms with Crippen LogP contribution in [0.15, 0.2) is 24.3 Å². The molecule has 0 radical (unpaired) electrons. The molecule has 0 aliphatic heterocycles. The fourth-order valence-corrected chi connectivity index (χ4v) is 3.80. The third-order valence-electron chi connectivity index (χ3n) is 5.94. The van der Waals surface area contributed by atoms with Gasteiger partial charge in [-0.2, -0.15) is 13.2 Å². The Bertz CT molecular complexity index is 537. The highest BCUT2D eigenvalue weighted by atomic mass is 19.4. The molecule has 0 saturated carbocycles. The zero-order valence-electron chi connectivity index (χ0n) is 18.2. The minimum absolute atomic E-state index is 0.153. The van der Waals surface area contributed by atoms with Crippen molar-refractivity contribution >= 4 is 0 Å². The molecule has 1 nitrogen and oxygen atoms in total. The minimum atomic E-state index is -4.26. The smallest absolute Gasteiger partial charge is 0.379 e. The summed E-state index contributed by atoms with van der Waals surface area (Å²) >= 11 is 0. The van der Waals surface area contributed by atoms with Gasteiger partial charge in [-0.15, -0.1) is 0 Å². The monoisotopic (exact) mass is 400 g/mol. The molecule has 0 aromatic heterocycles. The second-order valence-electron chi connectivity index (χ2n) is 8.50. The summed E-state index contributed by atoms with van der Waals surface area (Å²) in [6.07, 6.45) is 8.32. The quantitative estimate of drug-likeness (QED) is 0.286. The molecule has 0 spiro atoms. The Morgan fingerprint density at radius 3 is 2.11 bits per heavy atom. The van der Waals surface area contributed by atoms with Crippen molar-refractivity contribution in [1.82, 2.24) is 0 Å². The van der Waals surface area contributed by atoms with Gasteiger partial charge in [0.1, 0.15) is 0 Å². The van der Waals surface area contributed by atoms with Gasteiger partial charge in [-0.05, 0) is 57.1 Å². The molecule has 0 bridgehead atoms. The number of rotatable bonds is 14. The Morgan fingerprint density at radius 2 is 1.50 bits per heavy atom. The minimum Gasteiger partial charge on any atom is -0.379 e. The molecule has 0 aliphatic rings. The van der Waals surface area contributed by atoms with Crippen molar-refractivity contribution in [3.63, 3.8) is 0 Å². The Morgan fingerprint density at radius 1 is 0.893 bits per heavy atom. The van der Waals surface area contributed by atoms with Crippen molar-refractivity contribution in [3.05, 3.63) is 35.4 Å². The number of methoxy groups -OCH3 is 1. The fourth-order valence-electron chi connectivity index (χ4n) is 3.80. The molecular weight excluding hydrogens is 361 g/mol. The number of alkyl halides is 3. The van der Waals surface area contributed by atoms with E-state index in [2.05, 4.69) is 20.8 Å². The summed E-state index contributed by atoms with van der Waals surface area (Å²) in [5.41, 5.74) is 0.0689. The van der Waals surface area contributed by atoms with Gasteiger partial charge in [0.05, 0.1) is 11.2 Å². The summed E-state index contributed by atoms with van der Waals surface area (Å²) < 4.78 is 44.2. The van der Waals surface area contributed by atoms with Crippen molar-refractivity contribution in [2.24, 2.45) is 5.92 Å². The highest BCUT2D eigenvalue weighted by molar-refractivity contribution is 5.25. The van der Waals surface area contributed by atoms with Crippen LogP contribution in [0.4, 0.5) is 13.2 Å². The molecule has 1 aromatic carbocycles. The zero-order chi connectivity index (χ0) is 21.0. The Balaban J connectivity index is 2.44. The van der Waals surface area contributed by atoms with Crippen molar-refractivity contribution in [2.75, 3.05) is 7.11 Å². The lowest BCUT2D eigenvalue weighted by Gasteiger charge is -2.33. The van der Waals surface area contributed by atoms with E-state index >= 15 is 0 Å². The van der Waals surface area contributed by atoms with Gasteiger partial charge in [0, 0.05) is 7.11 Å². The van der Waals surface area contributed by atoms with Crippen LogP contribution in [-0.2, 0) is 17.3 Å². The fraction of sp³-hybridized carbons (Fsp3) is 0.750. The molecule has 1 rings (SSSR count). The number of halogens is 3. The van der Waals surface area contributed by atoms with Gasteiger partial charge in [-0.3, -0.25) is 0 Å². The van der Waals surface area contributed by atoms with E-state index in [1.165, 1.54) is 50.7 Å². The molecule has 0 aliphatic carbocycles. The zero-order valence-corrected chi connectivity index (χ0v) is 18.2. The van der Waals surface area contributed by atoms with Crippen LogP contribution in [0.5, 0.6) is 0 Å². The Hall–Kier alpha value is -1.03. The highest BCUT2D eigenvalue weighted by Gasteiger charge is 2.30. The number of unbranched alkanes of at least 4 members (excludes halogenated alkanes) is 6. The van der Waals surface area contributed by atoms with Crippen molar-refractivity contribution < 1.29 is 17.9 Å². The van der Waals surface area contributed by atoms with Crippen LogP contribution < -0.4 is 0 Å². The molecule has 1 aromatic rings. The summed E-state index contributed by atoms with van der Waals surface area (Å²) in [5.74, 6) is 0.491. The predicted octanol–water partition coefficient (Wildman–Crippen LogP) is 8.21. The maximum atomic E-state index is 12.8. The van der Waals surface area contributed by atoms with Gasteiger partial charge in [0.15, 0.2) is 0 Å². The average Bonchev–Trinajstić information content (AvgIpc) is 2.65. The lowest BCUT2D eigenvalue weighted by Crippen LogP contribution is -2.33. The second-order valence-corrected chi connectivity index (χ2v) is 8.50. The number of ether oxygens (including phenoxy) is 1. The molecular formula is C24H39F3O. The first kappa shape index (κ1) is 25.0. The van der Waals surface area contributed by atoms with Crippen molar-refractivity contribution in [2.45, 2.75) is 103 Å². The molecule has 1 atom stereocenters. The lowest BCUT2D eigenvalue weighted by atomic mass is 9.82. The summed E-state index contributed by atoms with van der Waals surface area (Å²) in [7, 11) is 1.77. The number of hydrogen-bond acceptors (Lipinski definition) is 1. The van der Waals surface area contributed by atoms with E-state index in [4.69, 9.17) is 4.74 Å². The summed E-state index contributed by atoms with van der Waals surface area (Å²) in [6.45, 7) is 6.54. The van der Waals surface area contributed by atoms with E-state index in [0.29, 0.717) is 12.3 Å². The van der Waals surface area contributed by atoms with E-state index in [-0.39, 0.29) is 5.60 Å². The van der Waals surface area contributed by atoms with Crippen LogP contribution in [0, 0.1) is 5.92 Å². The maximum Gasteiger partial charge on any atom is 0.416 e. The van der Waals surface area contributed by atoms with Crippen LogP contribution in [0.2, 0.25) is 0 Å². The highest BCUT2D eigenvalue weighted by Crippen LogP contribution is 2.32. The van der Waals surface area contributed by atoms with E-state index in [1.54, 1.807) is 13.2 Å². The molecule has 0 heterocycles. The first-order valence-corrected chi connectivity index (χ1v) is 10.9. The molecule has 0 fully saturated rings. The third kappa shape index (κ3) is 9.45. The van der Waals surface area contributed by atoms with E-state index in [0.717, 1.165) is 37.3 Å².